The van der Waals surface area contributed by atoms with E-state index in [1.165, 1.54) is 0 Å². The van der Waals surface area contributed by atoms with Gasteiger partial charge in [-0.25, -0.2) is 9.97 Å². The van der Waals surface area contributed by atoms with Gasteiger partial charge in [-0.2, -0.15) is 0 Å². The van der Waals surface area contributed by atoms with E-state index >= 15 is 0 Å². The fourth-order valence-corrected chi connectivity index (χ4v) is 2.00. The van der Waals surface area contributed by atoms with Crippen molar-refractivity contribution in [1.29, 1.82) is 0 Å². The molecule has 4 nitrogen and oxygen atoms in total. The summed E-state index contributed by atoms with van der Waals surface area (Å²) in [4.78, 5) is 9.21. The van der Waals surface area contributed by atoms with Crippen LogP contribution in [0.1, 0.15) is 5.56 Å². The normalized spacial score (nSPS) is 11.0. The quantitative estimate of drug-likeness (QED) is 0.505. The van der Waals surface area contributed by atoms with Crippen molar-refractivity contribution in [3.05, 3.63) is 35.9 Å². The standard InChI is InChI=1S/C14H14N4/c1-8-5-12-14(7-10(8)15)18-13-6-9(16-2)3-4-11(13)17-12/h3-7,16H,15H2,1-2H3. The molecule has 0 unspecified atom stereocenters. The topological polar surface area (TPSA) is 63.8 Å². The fraction of sp³-hybridized carbons (Fsp3) is 0.143. The molecule has 90 valence electrons. The van der Waals surface area contributed by atoms with Gasteiger partial charge in [-0.05, 0) is 42.8 Å². The second kappa shape index (κ2) is 3.84. The average molecular weight is 238 g/mol. The van der Waals surface area contributed by atoms with Crippen molar-refractivity contribution in [3.8, 4) is 0 Å². The molecular formula is C14H14N4. The van der Waals surface area contributed by atoms with Gasteiger partial charge < -0.3 is 11.1 Å². The van der Waals surface area contributed by atoms with Gasteiger partial charge in [0.05, 0.1) is 22.1 Å². The molecule has 2 aromatic carbocycles. The molecule has 0 saturated carbocycles. The van der Waals surface area contributed by atoms with Gasteiger partial charge in [0.2, 0.25) is 0 Å². The van der Waals surface area contributed by atoms with E-state index < -0.39 is 0 Å². The molecule has 0 bridgehead atoms. The predicted octanol–water partition coefficient (Wildman–Crippen LogP) is 2.72. The molecule has 0 atom stereocenters. The first-order valence-corrected chi connectivity index (χ1v) is 5.83. The van der Waals surface area contributed by atoms with Crippen LogP contribution in [0, 0.1) is 6.92 Å². The number of rotatable bonds is 1. The van der Waals surface area contributed by atoms with Crippen molar-refractivity contribution < 1.29 is 0 Å². The minimum atomic E-state index is 0.751. The van der Waals surface area contributed by atoms with Crippen LogP contribution in [0.15, 0.2) is 30.3 Å². The third kappa shape index (κ3) is 1.62. The minimum absolute atomic E-state index is 0.751. The first kappa shape index (κ1) is 10.8. The number of hydrogen-bond acceptors (Lipinski definition) is 4. The molecule has 3 rings (SSSR count). The number of nitrogen functional groups attached to an aromatic ring is 1. The summed E-state index contributed by atoms with van der Waals surface area (Å²) in [5.41, 5.74) is 12.2. The lowest BCUT2D eigenvalue weighted by molar-refractivity contribution is 1.37. The van der Waals surface area contributed by atoms with E-state index in [-0.39, 0.29) is 0 Å². The lowest BCUT2D eigenvalue weighted by Crippen LogP contribution is -1.94. The summed E-state index contributed by atoms with van der Waals surface area (Å²) in [6.07, 6.45) is 0. The third-order valence-corrected chi connectivity index (χ3v) is 3.11. The molecule has 4 heteroatoms. The van der Waals surface area contributed by atoms with Gasteiger partial charge in [-0.1, -0.05) is 0 Å². The van der Waals surface area contributed by atoms with Crippen molar-refractivity contribution in [2.75, 3.05) is 18.1 Å². The summed E-state index contributed by atoms with van der Waals surface area (Å²) >= 11 is 0. The second-order valence-corrected chi connectivity index (χ2v) is 4.37. The fourth-order valence-electron chi connectivity index (χ4n) is 2.00. The Morgan fingerprint density at radius 1 is 0.944 bits per heavy atom. The lowest BCUT2D eigenvalue weighted by Gasteiger charge is -2.06. The van der Waals surface area contributed by atoms with Gasteiger partial charge in [-0.15, -0.1) is 0 Å². The van der Waals surface area contributed by atoms with Crippen LogP contribution < -0.4 is 11.1 Å². The first-order valence-electron chi connectivity index (χ1n) is 5.83. The zero-order chi connectivity index (χ0) is 12.7. The number of nitrogens with two attached hydrogens (primary N) is 1. The molecule has 0 radical (unpaired) electrons. The van der Waals surface area contributed by atoms with Crippen molar-refractivity contribution >= 4 is 33.4 Å². The van der Waals surface area contributed by atoms with Crippen LogP contribution in [-0.4, -0.2) is 17.0 Å². The first-order chi connectivity index (χ1) is 8.67. The molecule has 1 aromatic heterocycles. The molecule has 18 heavy (non-hydrogen) atoms. The number of benzene rings is 2. The van der Waals surface area contributed by atoms with Crippen LogP contribution in [0.2, 0.25) is 0 Å². The summed E-state index contributed by atoms with van der Waals surface area (Å²) in [6.45, 7) is 1.98. The zero-order valence-corrected chi connectivity index (χ0v) is 10.4. The van der Waals surface area contributed by atoms with E-state index in [0.717, 1.165) is 39.0 Å². The summed E-state index contributed by atoms with van der Waals surface area (Å²) in [5, 5.41) is 3.10. The van der Waals surface area contributed by atoms with Gasteiger partial charge in [0.25, 0.3) is 0 Å². The second-order valence-electron chi connectivity index (χ2n) is 4.37. The highest BCUT2D eigenvalue weighted by Crippen LogP contribution is 2.22. The van der Waals surface area contributed by atoms with Crippen LogP contribution in [0.5, 0.6) is 0 Å². The predicted molar refractivity (Wildman–Crippen MR) is 75.7 cm³/mol. The van der Waals surface area contributed by atoms with Crippen LogP contribution in [0.25, 0.3) is 22.1 Å². The van der Waals surface area contributed by atoms with Crippen molar-refractivity contribution in [1.82, 2.24) is 9.97 Å². The van der Waals surface area contributed by atoms with E-state index in [9.17, 15) is 0 Å². The Kier molecular flexibility index (Phi) is 2.30. The molecule has 0 spiro atoms. The molecule has 1 heterocycles. The van der Waals surface area contributed by atoms with E-state index in [1.54, 1.807) is 0 Å². The van der Waals surface area contributed by atoms with Crippen molar-refractivity contribution in [2.45, 2.75) is 6.92 Å². The highest BCUT2D eigenvalue weighted by Gasteiger charge is 2.04. The molecule has 0 saturated heterocycles. The zero-order valence-electron chi connectivity index (χ0n) is 10.4. The van der Waals surface area contributed by atoms with Crippen LogP contribution >= 0.6 is 0 Å². The van der Waals surface area contributed by atoms with Gasteiger partial charge in [-0.3, -0.25) is 0 Å². The SMILES string of the molecule is CNc1ccc2nc3cc(C)c(N)cc3nc2c1. The smallest absolute Gasteiger partial charge is 0.0915 e. The maximum Gasteiger partial charge on any atom is 0.0915 e. The summed E-state index contributed by atoms with van der Waals surface area (Å²) in [5.74, 6) is 0. The molecule has 3 aromatic rings. The Hall–Kier alpha value is -2.36. The van der Waals surface area contributed by atoms with Gasteiger partial charge in [0.15, 0.2) is 0 Å². The third-order valence-electron chi connectivity index (χ3n) is 3.11. The molecule has 3 N–H and O–H groups in total. The molecule has 0 fully saturated rings. The maximum atomic E-state index is 5.91. The highest BCUT2D eigenvalue weighted by atomic mass is 14.8. The van der Waals surface area contributed by atoms with Crippen LogP contribution in [0.4, 0.5) is 11.4 Å². The van der Waals surface area contributed by atoms with Gasteiger partial charge in [0.1, 0.15) is 0 Å². The molecule has 0 aliphatic rings. The van der Waals surface area contributed by atoms with Crippen molar-refractivity contribution in [3.63, 3.8) is 0 Å². The molecule has 0 amide bonds. The van der Waals surface area contributed by atoms with E-state index in [4.69, 9.17) is 5.73 Å². The van der Waals surface area contributed by atoms with Crippen molar-refractivity contribution in [2.24, 2.45) is 0 Å². The molecule has 0 aliphatic heterocycles. The number of hydrogen-bond donors (Lipinski definition) is 2. The Labute approximate surface area is 105 Å². The Morgan fingerprint density at radius 2 is 1.61 bits per heavy atom. The summed E-state index contributed by atoms with van der Waals surface area (Å²) in [6, 6.07) is 9.80. The maximum absolute atomic E-state index is 5.91. The number of fused-ring (bicyclic) bond motifs is 2. The van der Waals surface area contributed by atoms with Crippen LogP contribution in [0.3, 0.4) is 0 Å². The number of nitrogens with one attached hydrogen (secondary N) is 1. The van der Waals surface area contributed by atoms with E-state index in [2.05, 4.69) is 15.3 Å². The molecular weight excluding hydrogens is 224 g/mol. The Morgan fingerprint density at radius 3 is 2.39 bits per heavy atom. The average Bonchev–Trinajstić information content (AvgIpc) is 2.37. The minimum Gasteiger partial charge on any atom is -0.398 e. The molecule has 0 aliphatic carbocycles. The summed E-state index contributed by atoms with van der Waals surface area (Å²) < 4.78 is 0. The number of nitrogens with zero attached hydrogens (tertiary/aromatic N) is 2. The lowest BCUT2D eigenvalue weighted by atomic mass is 10.1. The number of aromatic nitrogens is 2. The highest BCUT2D eigenvalue weighted by molar-refractivity contribution is 5.89. The van der Waals surface area contributed by atoms with Gasteiger partial charge in [0, 0.05) is 18.4 Å². The van der Waals surface area contributed by atoms with E-state index in [1.807, 2.05) is 44.3 Å². The Balaban J connectivity index is 2.36. The number of anilines is 2. The monoisotopic (exact) mass is 238 g/mol. The van der Waals surface area contributed by atoms with E-state index in [0.29, 0.717) is 0 Å². The number of aryl methyl sites for hydroxylation is 1. The van der Waals surface area contributed by atoms with Crippen LogP contribution in [-0.2, 0) is 0 Å². The Bertz CT molecular complexity index is 749. The largest absolute Gasteiger partial charge is 0.398 e. The van der Waals surface area contributed by atoms with Gasteiger partial charge >= 0.3 is 0 Å². The summed E-state index contributed by atoms with van der Waals surface area (Å²) in [7, 11) is 1.89.